The van der Waals surface area contributed by atoms with Crippen molar-refractivity contribution in [3.63, 3.8) is 0 Å². The van der Waals surface area contributed by atoms with Crippen molar-refractivity contribution < 1.29 is 19.1 Å². The molecule has 0 saturated carbocycles. The van der Waals surface area contributed by atoms with Gasteiger partial charge in [-0.3, -0.25) is 9.59 Å². The summed E-state index contributed by atoms with van der Waals surface area (Å²) in [6.07, 6.45) is 0.439. The summed E-state index contributed by atoms with van der Waals surface area (Å²) < 4.78 is 10.9. The first-order chi connectivity index (χ1) is 9.22. The maximum absolute atomic E-state index is 11.7. The number of fused-ring (bicyclic) bond motifs is 1. The van der Waals surface area contributed by atoms with E-state index in [2.05, 4.69) is 10.6 Å². The van der Waals surface area contributed by atoms with Crippen LogP contribution in [0.4, 0.5) is 0 Å². The van der Waals surface area contributed by atoms with Crippen LogP contribution >= 0.6 is 0 Å². The highest BCUT2D eigenvalue weighted by molar-refractivity contribution is 5.94. The fourth-order valence-electron chi connectivity index (χ4n) is 2.20. The monoisotopic (exact) mass is 262 g/mol. The molecule has 1 aromatic rings. The Hall–Kier alpha value is -2.24. The maximum atomic E-state index is 11.7. The Morgan fingerprint density at radius 1 is 1.16 bits per heavy atom. The highest BCUT2D eigenvalue weighted by Crippen LogP contribution is 2.31. The van der Waals surface area contributed by atoms with E-state index in [1.165, 1.54) is 0 Å². The van der Waals surface area contributed by atoms with E-state index in [0.717, 1.165) is 5.56 Å². The van der Waals surface area contributed by atoms with Crippen LogP contribution in [0, 0.1) is 0 Å². The molecule has 6 heteroatoms. The van der Waals surface area contributed by atoms with Gasteiger partial charge in [0.25, 0.3) is 0 Å². The second-order valence-electron chi connectivity index (χ2n) is 4.52. The lowest BCUT2D eigenvalue weighted by Crippen LogP contribution is -2.56. The summed E-state index contributed by atoms with van der Waals surface area (Å²) in [4.78, 5) is 22.9. The van der Waals surface area contributed by atoms with Crippen molar-refractivity contribution in [1.82, 2.24) is 10.6 Å². The summed E-state index contributed by atoms with van der Waals surface area (Å²) in [5, 5.41) is 5.23. The number of carbonyl (C=O) groups is 2. The molecular weight excluding hydrogens is 248 g/mol. The average Bonchev–Trinajstić information content (AvgIpc) is 2.43. The van der Waals surface area contributed by atoms with Gasteiger partial charge >= 0.3 is 0 Å². The van der Waals surface area contributed by atoms with Crippen LogP contribution < -0.4 is 20.1 Å². The van der Waals surface area contributed by atoms with Gasteiger partial charge in [-0.1, -0.05) is 6.07 Å². The van der Waals surface area contributed by atoms with Crippen molar-refractivity contribution in [1.29, 1.82) is 0 Å². The summed E-state index contributed by atoms with van der Waals surface area (Å²) in [5.41, 5.74) is 0.923. The summed E-state index contributed by atoms with van der Waals surface area (Å²) in [6, 6.07) is 5.03. The number of carbonyl (C=O) groups excluding carboxylic acids is 2. The van der Waals surface area contributed by atoms with Crippen molar-refractivity contribution in [2.24, 2.45) is 0 Å². The zero-order valence-electron chi connectivity index (χ0n) is 10.3. The first-order valence-corrected chi connectivity index (χ1v) is 6.18. The van der Waals surface area contributed by atoms with Crippen molar-refractivity contribution in [2.75, 3.05) is 19.8 Å². The third-order valence-corrected chi connectivity index (χ3v) is 3.12. The van der Waals surface area contributed by atoms with E-state index in [4.69, 9.17) is 9.47 Å². The standard InChI is InChI=1S/C13H14N2O4/c16-12-7-14-13(17)9(15-12)5-8-1-2-10-11(6-8)19-4-3-18-10/h1-2,6,9H,3-5,7H2,(H,14,17)(H,15,16). The molecule has 0 radical (unpaired) electrons. The molecule has 2 amide bonds. The maximum Gasteiger partial charge on any atom is 0.243 e. The van der Waals surface area contributed by atoms with E-state index in [1.54, 1.807) is 0 Å². The van der Waals surface area contributed by atoms with Crippen molar-refractivity contribution in [3.05, 3.63) is 23.8 Å². The summed E-state index contributed by atoms with van der Waals surface area (Å²) in [7, 11) is 0. The quantitative estimate of drug-likeness (QED) is 0.761. The highest BCUT2D eigenvalue weighted by atomic mass is 16.6. The van der Waals surface area contributed by atoms with Gasteiger partial charge in [-0.2, -0.15) is 0 Å². The smallest absolute Gasteiger partial charge is 0.243 e. The number of hydrogen-bond acceptors (Lipinski definition) is 4. The molecular formula is C13H14N2O4. The number of rotatable bonds is 2. The van der Waals surface area contributed by atoms with Gasteiger partial charge in [-0.25, -0.2) is 0 Å². The molecule has 100 valence electrons. The number of amides is 2. The second kappa shape index (κ2) is 4.79. The topological polar surface area (TPSA) is 76.7 Å². The summed E-state index contributed by atoms with van der Waals surface area (Å²) in [5.74, 6) is 1.08. The minimum Gasteiger partial charge on any atom is -0.486 e. The molecule has 6 nitrogen and oxygen atoms in total. The molecule has 2 aliphatic heterocycles. The average molecular weight is 262 g/mol. The first-order valence-electron chi connectivity index (χ1n) is 6.18. The number of benzene rings is 1. The van der Waals surface area contributed by atoms with E-state index in [9.17, 15) is 9.59 Å². The Bertz CT molecular complexity index is 529. The number of piperazine rings is 1. The largest absolute Gasteiger partial charge is 0.486 e. The Balaban J connectivity index is 1.75. The molecule has 0 aromatic heterocycles. The van der Waals surface area contributed by atoms with Crippen LogP contribution in [0.3, 0.4) is 0 Å². The first kappa shape index (κ1) is 11.8. The van der Waals surface area contributed by atoms with Crippen LogP contribution in [0.1, 0.15) is 5.56 Å². The zero-order valence-corrected chi connectivity index (χ0v) is 10.3. The van der Waals surface area contributed by atoms with E-state index in [-0.39, 0.29) is 18.4 Å². The molecule has 0 spiro atoms. The van der Waals surface area contributed by atoms with Crippen LogP contribution in [0.15, 0.2) is 18.2 Å². The van der Waals surface area contributed by atoms with Gasteiger partial charge < -0.3 is 20.1 Å². The Morgan fingerprint density at radius 2 is 1.95 bits per heavy atom. The molecule has 1 fully saturated rings. The van der Waals surface area contributed by atoms with Gasteiger partial charge in [-0.15, -0.1) is 0 Å². The third kappa shape index (κ3) is 2.47. The number of hydrogen-bond donors (Lipinski definition) is 2. The highest BCUT2D eigenvalue weighted by Gasteiger charge is 2.26. The Morgan fingerprint density at radius 3 is 2.79 bits per heavy atom. The summed E-state index contributed by atoms with van der Waals surface area (Å²) in [6.45, 7) is 1.13. The van der Waals surface area contributed by atoms with Crippen LogP contribution in [0.5, 0.6) is 11.5 Å². The molecule has 1 unspecified atom stereocenters. The lowest BCUT2D eigenvalue weighted by atomic mass is 10.0. The molecule has 0 bridgehead atoms. The lowest BCUT2D eigenvalue weighted by molar-refractivity contribution is -0.133. The molecule has 2 heterocycles. The molecule has 1 aromatic carbocycles. The van der Waals surface area contributed by atoms with Crippen molar-refractivity contribution in [2.45, 2.75) is 12.5 Å². The van der Waals surface area contributed by atoms with E-state index >= 15 is 0 Å². The fourth-order valence-corrected chi connectivity index (χ4v) is 2.20. The van der Waals surface area contributed by atoms with Crippen LogP contribution in [-0.2, 0) is 16.0 Å². The SMILES string of the molecule is O=C1CNC(=O)C(Cc2ccc3c(c2)OCCO3)N1. The predicted octanol–water partition coefficient (Wildman–Crippen LogP) is -0.385. The third-order valence-electron chi connectivity index (χ3n) is 3.12. The number of nitrogens with one attached hydrogen (secondary N) is 2. The fraction of sp³-hybridized carbons (Fsp3) is 0.385. The van der Waals surface area contributed by atoms with Gasteiger partial charge in [0.15, 0.2) is 11.5 Å². The molecule has 1 atom stereocenters. The molecule has 1 saturated heterocycles. The molecule has 3 rings (SSSR count). The minimum atomic E-state index is -0.524. The van der Waals surface area contributed by atoms with Crippen molar-refractivity contribution in [3.8, 4) is 11.5 Å². The predicted molar refractivity (Wildman–Crippen MR) is 66.1 cm³/mol. The van der Waals surface area contributed by atoms with Gasteiger partial charge in [0.1, 0.15) is 19.3 Å². The normalized spacial score (nSPS) is 21.6. The van der Waals surface area contributed by atoms with Crippen LogP contribution in [0.2, 0.25) is 0 Å². The van der Waals surface area contributed by atoms with E-state index < -0.39 is 6.04 Å². The van der Waals surface area contributed by atoms with Gasteiger partial charge in [0.2, 0.25) is 11.8 Å². The van der Waals surface area contributed by atoms with Gasteiger partial charge in [-0.05, 0) is 17.7 Å². The zero-order chi connectivity index (χ0) is 13.2. The Labute approximate surface area is 110 Å². The van der Waals surface area contributed by atoms with E-state index in [1.807, 2.05) is 18.2 Å². The second-order valence-corrected chi connectivity index (χ2v) is 4.52. The van der Waals surface area contributed by atoms with Gasteiger partial charge in [0, 0.05) is 6.42 Å². The molecule has 2 aliphatic rings. The minimum absolute atomic E-state index is 0.0521. The van der Waals surface area contributed by atoms with Crippen LogP contribution in [-0.4, -0.2) is 37.6 Å². The molecule has 19 heavy (non-hydrogen) atoms. The van der Waals surface area contributed by atoms with E-state index in [0.29, 0.717) is 31.1 Å². The lowest BCUT2D eigenvalue weighted by Gasteiger charge is -2.24. The summed E-state index contributed by atoms with van der Waals surface area (Å²) >= 11 is 0. The Kier molecular flexibility index (Phi) is 2.98. The van der Waals surface area contributed by atoms with Gasteiger partial charge in [0.05, 0.1) is 6.54 Å². The number of ether oxygens (including phenoxy) is 2. The molecule has 0 aliphatic carbocycles. The van der Waals surface area contributed by atoms with Crippen LogP contribution in [0.25, 0.3) is 0 Å². The molecule has 2 N–H and O–H groups in total. The van der Waals surface area contributed by atoms with Crippen molar-refractivity contribution >= 4 is 11.8 Å².